The fourth-order valence-electron chi connectivity index (χ4n) is 4.03. The van der Waals surface area contributed by atoms with Crippen LogP contribution in [0.15, 0.2) is 18.2 Å². The lowest BCUT2D eigenvalue weighted by Gasteiger charge is -2.42. The van der Waals surface area contributed by atoms with Gasteiger partial charge in [0, 0.05) is 36.9 Å². The zero-order chi connectivity index (χ0) is 20.3. The smallest absolute Gasteiger partial charge is 0.319 e. The second-order valence-corrected chi connectivity index (χ2v) is 7.50. The Morgan fingerprint density at radius 2 is 2.04 bits per heavy atom. The number of carbonyl (C=O) groups excluding carboxylic acids is 2. The van der Waals surface area contributed by atoms with Gasteiger partial charge in [0.05, 0.1) is 6.54 Å². The SMILES string of the molecule is CCN(CC(=O)O)C1CC(NC(=O)Nc2ccc3c(c2)CCCN3C(C)=O)C1. The van der Waals surface area contributed by atoms with Crippen LogP contribution in [0.3, 0.4) is 0 Å². The molecule has 1 aromatic rings. The lowest BCUT2D eigenvalue weighted by molar-refractivity contribution is -0.139. The molecule has 0 atom stereocenters. The van der Waals surface area contributed by atoms with Gasteiger partial charge in [-0.3, -0.25) is 14.5 Å². The number of anilines is 2. The summed E-state index contributed by atoms with van der Waals surface area (Å²) in [7, 11) is 0. The number of nitrogens with zero attached hydrogens (tertiary/aromatic N) is 2. The number of nitrogens with one attached hydrogen (secondary N) is 2. The number of hydrogen-bond acceptors (Lipinski definition) is 4. The van der Waals surface area contributed by atoms with E-state index in [1.807, 2.05) is 30.0 Å². The Kier molecular flexibility index (Phi) is 6.18. The monoisotopic (exact) mass is 388 g/mol. The first kappa shape index (κ1) is 20.1. The van der Waals surface area contributed by atoms with Gasteiger partial charge in [-0.25, -0.2) is 4.79 Å². The predicted molar refractivity (Wildman–Crippen MR) is 107 cm³/mol. The number of aryl methyl sites for hydroxylation is 1. The highest BCUT2D eigenvalue weighted by molar-refractivity contribution is 5.94. The molecule has 0 saturated heterocycles. The van der Waals surface area contributed by atoms with Crippen molar-refractivity contribution in [2.24, 2.45) is 0 Å². The van der Waals surface area contributed by atoms with E-state index in [2.05, 4.69) is 10.6 Å². The first-order valence-electron chi connectivity index (χ1n) is 9.81. The van der Waals surface area contributed by atoms with Crippen molar-refractivity contribution in [3.05, 3.63) is 23.8 Å². The van der Waals surface area contributed by atoms with Crippen molar-refractivity contribution in [3.63, 3.8) is 0 Å². The molecule has 1 aromatic carbocycles. The van der Waals surface area contributed by atoms with E-state index in [1.165, 1.54) is 0 Å². The van der Waals surface area contributed by atoms with Gasteiger partial charge in [0.2, 0.25) is 5.91 Å². The van der Waals surface area contributed by atoms with Gasteiger partial charge in [0.25, 0.3) is 0 Å². The van der Waals surface area contributed by atoms with Crippen molar-refractivity contribution in [2.75, 3.05) is 29.9 Å². The minimum absolute atomic E-state index is 0.0305. The largest absolute Gasteiger partial charge is 0.480 e. The van der Waals surface area contributed by atoms with Gasteiger partial charge in [-0.1, -0.05) is 6.92 Å². The Morgan fingerprint density at radius 1 is 1.29 bits per heavy atom. The number of rotatable bonds is 6. The molecule has 3 N–H and O–H groups in total. The molecule has 1 fully saturated rings. The molecular weight excluding hydrogens is 360 g/mol. The summed E-state index contributed by atoms with van der Waals surface area (Å²) in [6.07, 6.45) is 3.31. The summed E-state index contributed by atoms with van der Waals surface area (Å²) in [5.41, 5.74) is 2.69. The van der Waals surface area contributed by atoms with Gasteiger partial charge in [0.1, 0.15) is 0 Å². The molecule has 0 bridgehead atoms. The molecule has 1 aliphatic carbocycles. The number of amides is 3. The van der Waals surface area contributed by atoms with Gasteiger partial charge in [-0.05, 0) is 56.0 Å². The maximum absolute atomic E-state index is 12.3. The van der Waals surface area contributed by atoms with E-state index in [0.29, 0.717) is 12.2 Å². The van der Waals surface area contributed by atoms with Crippen LogP contribution >= 0.6 is 0 Å². The normalized spacial score (nSPS) is 20.9. The molecule has 0 spiro atoms. The average Bonchev–Trinajstić information content (AvgIpc) is 2.61. The third-order valence-corrected chi connectivity index (χ3v) is 5.55. The molecule has 28 heavy (non-hydrogen) atoms. The number of carbonyl (C=O) groups is 3. The number of likely N-dealkylation sites (N-methyl/N-ethyl adjacent to an activating group) is 1. The zero-order valence-corrected chi connectivity index (χ0v) is 16.4. The average molecular weight is 388 g/mol. The minimum atomic E-state index is -0.827. The zero-order valence-electron chi connectivity index (χ0n) is 16.4. The summed E-state index contributed by atoms with van der Waals surface area (Å²) in [6, 6.07) is 5.62. The second kappa shape index (κ2) is 8.60. The molecule has 1 heterocycles. The molecule has 1 aliphatic heterocycles. The number of carboxylic acid groups (broad SMARTS) is 1. The highest BCUT2D eigenvalue weighted by Crippen LogP contribution is 2.30. The summed E-state index contributed by atoms with van der Waals surface area (Å²) in [4.78, 5) is 38.6. The van der Waals surface area contributed by atoms with Gasteiger partial charge in [-0.2, -0.15) is 0 Å². The van der Waals surface area contributed by atoms with E-state index < -0.39 is 5.97 Å². The van der Waals surface area contributed by atoms with E-state index >= 15 is 0 Å². The number of carboxylic acids is 1. The van der Waals surface area contributed by atoms with Gasteiger partial charge >= 0.3 is 12.0 Å². The van der Waals surface area contributed by atoms with E-state index in [9.17, 15) is 14.4 Å². The Morgan fingerprint density at radius 3 is 2.68 bits per heavy atom. The molecule has 2 aliphatic rings. The molecule has 0 radical (unpaired) electrons. The molecule has 152 valence electrons. The minimum Gasteiger partial charge on any atom is -0.480 e. The first-order valence-corrected chi connectivity index (χ1v) is 9.81. The van der Waals surface area contributed by atoms with Crippen molar-refractivity contribution in [2.45, 2.75) is 51.6 Å². The van der Waals surface area contributed by atoms with E-state index in [0.717, 1.165) is 43.5 Å². The number of hydrogen-bond donors (Lipinski definition) is 3. The fraction of sp³-hybridized carbons (Fsp3) is 0.550. The van der Waals surface area contributed by atoms with Crippen LogP contribution in [0.5, 0.6) is 0 Å². The maximum atomic E-state index is 12.3. The van der Waals surface area contributed by atoms with Crippen LogP contribution in [0.2, 0.25) is 0 Å². The Balaban J connectivity index is 1.51. The van der Waals surface area contributed by atoms with Crippen LogP contribution in [0, 0.1) is 0 Å². The van der Waals surface area contributed by atoms with Gasteiger partial charge in [0.15, 0.2) is 0 Å². The van der Waals surface area contributed by atoms with Crippen molar-refractivity contribution < 1.29 is 19.5 Å². The molecule has 8 heteroatoms. The molecule has 1 saturated carbocycles. The molecule has 0 aromatic heterocycles. The summed E-state index contributed by atoms with van der Waals surface area (Å²) < 4.78 is 0. The molecule has 8 nitrogen and oxygen atoms in total. The fourth-order valence-corrected chi connectivity index (χ4v) is 4.03. The quantitative estimate of drug-likeness (QED) is 0.692. The Bertz CT molecular complexity index is 761. The third-order valence-electron chi connectivity index (χ3n) is 5.55. The number of fused-ring (bicyclic) bond motifs is 1. The topological polar surface area (TPSA) is 102 Å². The molecular formula is C20H28N4O4. The van der Waals surface area contributed by atoms with Crippen molar-refractivity contribution >= 4 is 29.3 Å². The van der Waals surface area contributed by atoms with E-state index in [-0.39, 0.29) is 30.6 Å². The van der Waals surface area contributed by atoms with Crippen LogP contribution in [-0.2, 0) is 16.0 Å². The van der Waals surface area contributed by atoms with Crippen LogP contribution in [0.25, 0.3) is 0 Å². The van der Waals surface area contributed by atoms with E-state index in [4.69, 9.17) is 5.11 Å². The molecule has 3 rings (SSSR count). The van der Waals surface area contributed by atoms with E-state index in [1.54, 1.807) is 11.8 Å². The number of aliphatic carboxylic acids is 1. The van der Waals surface area contributed by atoms with Crippen LogP contribution in [0.4, 0.5) is 16.2 Å². The molecule has 0 unspecified atom stereocenters. The van der Waals surface area contributed by atoms with Crippen molar-refractivity contribution in [3.8, 4) is 0 Å². The predicted octanol–water partition coefficient (Wildman–Crippen LogP) is 2.04. The Labute approximate surface area is 164 Å². The maximum Gasteiger partial charge on any atom is 0.319 e. The van der Waals surface area contributed by atoms with Crippen LogP contribution in [-0.4, -0.2) is 59.6 Å². The standard InChI is InChI=1S/C20H28N4O4/c1-3-23(12-19(26)27)17-10-16(11-17)22-20(28)21-15-6-7-18-14(9-15)5-4-8-24(18)13(2)25/h6-7,9,16-17H,3-5,8,10-12H2,1-2H3,(H,26,27)(H2,21,22,28). The highest BCUT2D eigenvalue weighted by Gasteiger charge is 2.34. The Hall–Kier alpha value is -2.61. The summed E-state index contributed by atoms with van der Waals surface area (Å²) >= 11 is 0. The first-order chi connectivity index (χ1) is 13.4. The summed E-state index contributed by atoms with van der Waals surface area (Å²) in [5.74, 6) is -0.797. The van der Waals surface area contributed by atoms with Crippen molar-refractivity contribution in [1.82, 2.24) is 10.2 Å². The number of benzene rings is 1. The van der Waals surface area contributed by atoms with Crippen LogP contribution < -0.4 is 15.5 Å². The van der Waals surface area contributed by atoms with Gasteiger partial charge < -0.3 is 20.6 Å². The number of urea groups is 1. The third kappa shape index (κ3) is 4.62. The van der Waals surface area contributed by atoms with Gasteiger partial charge in [-0.15, -0.1) is 0 Å². The summed E-state index contributed by atoms with van der Waals surface area (Å²) in [5, 5.41) is 14.8. The second-order valence-electron chi connectivity index (χ2n) is 7.50. The highest BCUT2D eigenvalue weighted by atomic mass is 16.4. The lowest BCUT2D eigenvalue weighted by Crippen LogP contribution is -2.55. The van der Waals surface area contributed by atoms with Crippen LogP contribution in [0.1, 0.15) is 38.7 Å². The summed E-state index contributed by atoms with van der Waals surface area (Å²) in [6.45, 7) is 4.96. The van der Waals surface area contributed by atoms with Crippen molar-refractivity contribution in [1.29, 1.82) is 0 Å². The lowest BCUT2D eigenvalue weighted by atomic mass is 9.85. The molecule has 3 amide bonds.